The lowest BCUT2D eigenvalue weighted by atomic mass is 9.82. The second-order valence-electron chi connectivity index (χ2n) is 11.1. The van der Waals surface area contributed by atoms with Crippen LogP contribution in [0.3, 0.4) is 0 Å². The molecule has 0 bridgehead atoms. The van der Waals surface area contributed by atoms with Gasteiger partial charge in [-0.25, -0.2) is 0 Å². The van der Waals surface area contributed by atoms with Gasteiger partial charge in [0.25, 0.3) is 0 Å². The van der Waals surface area contributed by atoms with Gasteiger partial charge in [-0.15, -0.1) is 11.3 Å². The van der Waals surface area contributed by atoms with Crippen molar-refractivity contribution in [1.29, 1.82) is 0 Å². The fourth-order valence-corrected chi connectivity index (χ4v) is 7.84. The number of fused-ring (bicyclic) bond motifs is 8. The normalized spacial score (nSPS) is 13.6. The number of hydrogen-bond acceptors (Lipinski definition) is 2. The molecule has 8 rings (SSSR count). The molecule has 0 aliphatic heterocycles. The maximum atomic E-state index is 3.82. The maximum absolute atomic E-state index is 3.82. The third kappa shape index (κ3) is 3.32. The van der Waals surface area contributed by atoms with Gasteiger partial charge in [0.05, 0.1) is 10.4 Å². The highest BCUT2D eigenvalue weighted by atomic mass is 32.1. The molecule has 1 aromatic heterocycles. The Morgan fingerprint density at radius 3 is 2.21 bits per heavy atom. The van der Waals surface area contributed by atoms with Crippen LogP contribution in [0, 0.1) is 0 Å². The van der Waals surface area contributed by atoms with Crippen molar-refractivity contribution in [3.8, 4) is 22.3 Å². The number of thiophene rings is 1. The topological polar surface area (TPSA) is 12.0 Å². The highest BCUT2D eigenvalue weighted by Crippen LogP contribution is 2.50. The van der Waals surface area contributed by atoms with E-state index in [1.807, 2.05) is 11.3 Å². The predicted octanol–water partition coefficient (Wildman–Crippen LogP) is 10.9. The lowest BCUT2D eigenvalue weighted by Gasteiger charge is -2.22. The number of anilines is 2. The third-order valence-corrected chi connectivity index (χ3v) is 9.71. The van der Waals surface area contributed by atoms with E-state index in [2.05, 4.69) is 140 Å². The van der Waals surface area contributed by atoms with Crippen LogP contribution in [0.2, 0.25) is 0 Å². The Labute approximate surface area is 232 Å². The van der Waals surface area contributed by atoms with Crippen LogP contribution >= 0.6 is 11.3 Å². The highest BCUT2D eigenvalue weighted by Gasteiger charge is 2.35. The van der Waals surface area contributed by atoms with Crippen molar-refractivity contribution in [2.45, 2.75) is 19.3 Å². The van der Waals surface area contributed by atoms with Crippen molar-refractivity contribution >= 4 is 53.7 Å². The molecule has 0 radical (unpaired) electrons. The molecule has 0 fully saturated rings. The van der Waals surface area contributed by atoms with Crippen LogP contribution < -0.4 is 5.32 Å². The van der Waals surface area contributed by atoms with Gasteiger partial charge in [0, 0.05) is 32.1 Å². The van der Waals surface area contributed by atoms with Crippen LogP contribution in [-0.2, 0) is 5.41 Å². The van der Waals surface area contributed by atoms with Crippen molar-refractivity contribution in [1.82, 2.24) is 0 Å². The molecular formula is C37H27NS. The minimum atomic E-state index is -0.0171. The van der Waals surface area contributed by atoms with E-state index in [4.69, 9.17) is 0 Å². The summed E-state index contributed by atoms with van der Waals surface area (Å²) >= 11 is 1.90. The summed E-state index contributed by atoms with van der Waals surface area (Å²) in [6, 6.07) is 44.3. The van der Waals surface area contributed by atoms with Crippen molar-refractivity contribution in [2.24, 2.45) is 0 Å². The van der Waals surface area contributed by atoms with E-state index in [0.717, 1.165) is 11.4 Å². The summed E-state index contributed by atoms with van der Waals surface area (Å²) in [6.45, 7) is 4.68. The molecule has 186 valence electrons. The molecule has 1 heterocycles. The molecule has 1 aliphatic carbocycles. The summed E-state index contributed by atoms with van der Waals surface area (Å²) in [7, 11) is 0. The maximum Gasteiger partial charge on any atom is 0.0590 e. The first-order valence-corrected chi connectivity index (χ1v) is 14.3. The summed E-state index contributed by atoms with van der Waals surface area (Å²) in [6.07, 6.45) is 0. The molecule has 1 aliphatic rings. The summed E-state index contributed by atoms with van der Waals surface area (Å²) in [4.78, 5) is 0. The van der Waals surface area contributed by atoms with Gasteiger partial charge in [-0.2, -0.15) is 0 Å². The van der Waals surface area contributed by atoms with Gasteiger partial charge in [0.1, 0.15) is 0 Å². The molecule has 0 unspecified atom stereocenters. The molecule has 7 aromatic rings. The molecule has 0 saturated heterocycles. The van der Waals surface area contributed by atoms with Crippen LogP contribution in [0.1, 0.15) is 25.0 Å². The van der Waals surface area contributed by atoms with Crippen molar-refractivity contribution < 1.29 is 0 Å². The van der Waals surface area contributed by atoms with Gasteiger partial charge in [-0.3, -0.25) is 0 Å². The van der Waals surface area contributed by atoms with Gasteiger partial charge in [-0.1, -0.05) is 111 Å². The quantitative estimate of drug-likeness (QED) is 0.246. The second-order valence-corrected chi connectivity index (χ2v) is 12.1. The fourth-order valence-electron chi connectivity index (χ4n) is 6.52. The second kappa shape index (κ2) is 8.30. The molecule has 39 heavy (non-hydrogen) atoms. The average molecular weight is 518 g/mol. The Morgan fingerprint density at radius 2 is 1.31 bits per heavy atom. The Balaban J connectivity index is 1.32. The van der Waals surface area contributed by atoms with E-state index in [-0.39, 0.29) is 5.41 Å². The highest BCUT2D eigenvalue weighted by molar-refractivity contribution is 7.27. The minimum absolute atomic E-state index is 0.0171. The lowest BCUT2D eigenvalue weighted by molar-refractivity contribution is 0.660. The van der Waals surface area contributed by atoms with Gasteiger partial charge in [0.15, 0.2) is 0 Å². The van der Waals surface area contributed by atoms with E-state index in [9.17, 15) is 0 Å². The fraction of sp³-hybridized carbons (Fsp3) is 0.0811. The molecular weight excluding hydrogens is 490 g/mol. The third-order valence-electron chi connectivity index (χ3n) is 8.44. The minimum Gasteiger partial charge on any atom is -0.354 e. The lowest BCUT2D eigenvalue weighted by Crippen LogP contribution is -2.15. The number of benzene rings is 6. The van der Waals surface area contributed by atoms with Crippen LogP contribution in [0.15, 0.2) is 121 Å². The largest absolute Gasteiger partial charge is 0.354 e. The monoisotopic (exact) mass is 517 g/mol. The van der Waals surface area contributed by atoms with Crippen molar-refractivity contribution in [3.05, 3.63) is 132 Å². The zero-order chi connectivity index (χ0) is 26.1. The molecule has 0 atom stereocenters. The molecule has 1 nitrogen and oxygen atoms in total. The summed E-state index contributed by atoms with van der Waals surface area (Å²) in [5.74, 6) is 0. The van der Waals surface area contributed by atoms with Crippen molar-refractivity contribution in [3.63, 3.8) is 0 Å². The zero-order valence-electron chi connectivity index (χ0n) is 22.0. The summed E-state index contributed by atoms with van der Waals surface area (Å²) in [5, 5.41) is 9.07. The SMILES string of the molecule is CC1(C)c2ccccc2-c2ccc(Nc3cccc4c3sc3c(-c5ccccc5)cc5ccccc5c34)cc21. The van der Waals surface area contributed by atoms with Gasteiger partial charge < -0.3 is 5.32 Å². The summed E-state index contributed by atoms with van der Waals surface area (Å²) in [5.41, 5.74) is 10.3. The Hall–Kier alpha value is -4.40. The van der Waals surface area contributed by atoms with Crippen LogP contribution in [0.4, 0.5) is 11.4 Å². The Kier molecular flexibility index (Phi) is 4.80. The standard InChI is InChI=1S/C37H27NS/c1-37(2)31-17-9-8-15-27(31)28-20-19-25(22-32(28)37)38-33-18-10-16-29-34-26-14-7-6-13-24(26)21-30(36(34)39-35(29)33)23-11-4-3-5-12-23/h3-22,38H,1-2H3. The molecule has 6 aromatic carbocycles. The molecule has 0 spiro atoms. The van der Waals surface area contributed by atoms with E-state index < -0.39 is 0 Å². The molecule has 0 saturated carbocycles. The van der Waals surface area contributed by atoms with Crippen LogP contribution in [0.5, 0.6) is 0 Å². The Bertz CT molecular complexity index is 2060. The number of rotatable bonds is 3. The van der Waals surface area contributed by atoms with Gasteiger partial charge >= 0.3 is 0 Å². The molecule has 1 N–H and O–H groups in total. The summed E-state index contributed by atoms with van der Waals surface area (Å²) < 4.78 is 2.64. The van der Waals surface area contributed by atoms with Crippen LogP contribution in [-0.4, -0.2) is 0 Å². The van der Waals surface area contributed by atoms with Gasteiger partial charge in [-0.05, 0) is 62.9 Å². The molecule has 2 heteroatoms. The zero-order valence-corrected chi connectivity index (χ0v) is 22.8. The number of nitrogens with one attached hydrogen (secondary N) is 1. The first-order valence-electron chi connectivity index (χ1n) is 13.5. The smallest absolute Gasteiger partial charge is 0.0590 e. The van der Waals surface area contributed by atoms with Crippen LogP contribution in [0.25, 0.3) is 53.2 Å². The van der Waals surface area contributed by atoms with E-state index in [1.54, 1.807) is 0 Å². The first-order chi connectivity index (χ1) is 19.1. The Morgan fingerprint density at radius 1 is 0.564 bits per heavy atom. The average Bonchev–Trinajstić information content (AvgIpc) is 3.48. The van der Waals surface area contributed by atoms with E-state index in [0.29, 0.717) is 0 Å². The first kappa shape index (κ1) is 22.6. The van der Waals surface area contributed by atoms with E-state index in [1.165, 1.54) is 64.3 Å². The predicted molar refractivity (Wildman–Crippen MR) is 170 cm³/mol. The number of hydrogen-bond donors (Lipinski definition) is 1. The van der Waals surface area contributed by atoms with Crippen molar-refractivity contribution in [2.75, 3.05) is 5.32 Å². The molecule has 0 amide bonds. The van der Waals surface area contributed by atoms with E-state index >= 15 is 0 Å². The van der Waals surface area contributed by atoms with Gasteiger partial charge in [0.2, 0.25) is 0 Å².